The minimum absolute atomic E-state index is 0.103. The number of ether oxygens (including phenoxy) is 1. The number of amides is 1. The fourth-order valence-corrected chi connectivity index (χ4v) is 2.67. The van der Waals surface area contributed by atoms with Gasteiger partial charge in [0.1, 0.15) is 0 Å². The number of carbonyl (C=O) groups excluding carboxylic acids is 2. The van der Waals surface area contributed by atoms with Crippen LogP contribution in [0.1, 0.15) is 36.1 Å². The molecule has 0 aliphatic rings. The molecule has 0 aromatic heterocycles. The molecule has 1 amide bonds. The molecule has 0 aliphatic carbocycles. The van der Waals surface area contributed by atoms with E-state index < -0.39 is 6.04 Å². The van der Waals surface area contributed by atoms with Crippen LogP contribution in [0.5, 0.6) is 0 Å². The Balaban J connectivity index is 2.11. The molecule has 0 saturated carbocycles. The summed E-state index contributed by atoms with van der Waals surface area (Å²) in [7, 11) is 0. The van der Waals surface area contributed by atoms with Gasteiger partial charge < -0.3 is 15.8 Å². The minimum atomic E-state index is -0.415. The van der Waals surface area contributed by atoms with Gasteiger partial charge in [-0.25, -0.2) is 0 Å². The fraction of sp³-hybridized carbons (Fsp3) is 0.300. The zero-order valence-electron chi connectivity index (χ0n) is 14.6. The SMILES string of the molecule is CCOC(=O)CC(NC(=O)Cc1ccc(N)cc1)c1ccccc1C. The van der Waals surface area contributed by atoms with Crippen LogP contribution in [-0.4, -0.2) is 18.5 Å². The van der Waals surface area contributed by atoms with Crippen LogP contribution in [-0.2, 0) is 20.7 Å². The highest BCUT2D eigenvalue weighted by molar-refractivity contribution is 5.80. The molecule has 2 rings (SSSR count). The average Bonchev–Trinajstić information content (AvgIpc) is 2.57. The molecule has 5 heteroatoms. The Hall–Kier alpha value is -2.82. The van der Waals surface area contributed by atoms with Crippen molar-refractivity contribution in [3.8, 4) is 0 Å². The number of anilines is 1. The number of carbonyl (C=O) groups is 2. The Morgan fingerprint density at radius 2 is 1.80 bits per heavy atom. The smallest absolute Gasteiger partial charge is 0.308 e. The highest BCUT2D eigenvalue weighted by Crippen LogP contribution is 2.21. The molecular weight excluding hydrogens is 316 g/mol. The van der Waals surface area contributed by atoms with E-state index in [-0.39, 0.29) is 24.7 Å². The van der Waals surface area contributed by atoms with E-state index in [0.29, 0.717) is 12.3 Å². The van der Waals surface area contributed by atoms with Gasteiger partial charge >= 0.3 is 5.97 Å². The maximum atomic E-state index is 12.4. The van der Waals surface area contributed by atoms with E-state index in [1.807, 2.05) is 43.3 Å². The van der Waals surface area contributed by atoms with Gasteiger partial charge in [0.25, 0.3) is 0 Å². The molecule has 25 heavy (non-hydrogen) atoms. The summed E-state index contributed by atoms with van der Waals surface area (Å²) in [5.41, 5.74) is 9.12. The first-order chi connectivity index (χ1) is 12.0. The van der Waals surface area contributed by atoms with Crippen LogP contribution in [0, 0.1) is 6.92 Å². The summed E-state index contributed by atoms with van der Waals surface area (Å²) in [5.74, 6) is -0.481. The Kier molecular flexibility index (Phi) is 6.57. The van der Waals surface area contributed by atoms with E-state index in [4.69, 9.17) is 10.5 Å². The lowest BCUT2D eigenvalue weighted by molar-refractivity contribution is -0.143. The van der Waals surface area contributed by atoms with Crippen LogP contribution in [0.3, 0.4) is 0 Å². The van der Waals surface area contributed by atoms with Crippen molar-refractivity contribution in [1.29, 1.82) is 0 Å². The van der Waals surface area contributed by atoms with Crippen molar-refractivity contribution in [3.05, 3.63) is 65.2 Å². The summed E-state index contributed by atoms with van der Waals surface area (Å²) >= 11 is 0. The van der Waals surface area contributed by atoms with Gasteiger partial charge in [-0.3, -0.25) is 9.59 Å². The summed E-state index contributed by atoms with van der Waals surface area (Å²) in [6.07, 6.45) is 0.331. The van der Waals surface area contributed by atoms with Gasteiger partial charge in [-0.2, -0.15) is 0 Å². The van der Waals surface area contributed by atoms with Gasteiger partial charge in [-0.05, 0) is 42.7 Å². The van der Waals surface area contributed by atoms with Gasteiger partial charge in [0.2, 0.25) is 5.91 Å². The normalized spacial score (nSPS) is 11.6. The van der Waals surface area contributed by atoms with E-state index in [0.717, 1.165) is 16.7 Å². The zero-order chi connectivity index (χ0) is 18.2. The van der Waals surface area contributed by atoms with E-state index in [9.17, 15) is 9.59 Å². The predicted octanol–water partition coefficient (Wildman–Crippen LogP) is 2.93. The largest absolute Gasteiger partial charge is 0.466 e. The summed E-state index contributed by atoms with van der Waals surface area (Å²) < 4.78 is 5.04. The van der Waals surface area contributed by atoms with Gasteiger partial charge in [-0.1, -0.05) is 36.4 Å². The number of nitrogens with two attached hydrogens (primary N) is 1. The van der Waals surface area contributed by atoms with E-state index in [1.165, 1.54) is 0 Å². The van der Waals surface area contributed by atoms with Crippen molar-refractivity contribution in [2.24, 2.45) is 0 Å². The monoisotopic (exact) mass is 340 g/mol. The van der Waals surface area contributed by atoms with Crippen LogP contribution >= 0.6 is 0 Å². The van der Waals surface area contributed by atoms with E-state index in [2.05, 4.69) is 5.32 Å². The molecule has 132 valence electrons. The highest BCUT2D eigenvalue weighted by Gasteiger charge is 2.20. The summed E-state index contributed by atoms with van der Waals surface area (Å²) in [5, 5.41) is 2.96. The molecule has 0 fully saturated rings. The van der Waals surface area contributed by atoms with Crippen molar-refractivity contribution >= 4 is 17.6 Å². The van der Waals surface area contributed by atoms with Crippen molar-refractivity contribution < 1.29 is 14.3 Å². The molecule has 2 aromatic carbocycles. The molecule has 1 unspecified atom stereocenters. The first kappa shape index (κ1) is 18.5. The number of nitrogen functional groups attached to an aromatic ring is 1. The minimum Gasteiger partial charge on any atom is -0.466 e. The van der Waals surface area contributed by atoms with Crippen LogP contribution in [0.4, 0.5) is 5.69 Å². The van der Waals surface area contributed by atoms with Crippen molar-refractivity contribution in [2.45, 2.75) is 32.7 Å². The van der Waals surface area contributed by atoms with E-state index in [1.54, 1.807) is 19.1 Å². The van der Waals surface area contributed by atoms with Gasteiger partial charge in [0.15, 0.2) is 0 Å². The van der Waals surface area contributed by atoms with Crippen LogP contribution in [0.15, 0.2) is 48.5 Å². The molecule has 0 spiro atoms. The topological polar surface area (TPSA) is 81.4 Å². The molecule has 0 radical (unpaired) electrons. The van der Waals surface area contributed by atoms with Gasteiger partial charge in [0.05, 0.1) is 25.5 Å². The molecule has 3 N–H and O–H groups in total. The summed E-state index contributed by atoms with van der Waals surface area (Å²) in [4.78, 5) is 24.4. The predicted molar refractivity (Wildman–Crippen MR) is 97.9 cm³/mol. The maximum Gasteiger partial charge on any atom is 0.308 e. The lowest BCUT2D eigenvalue weighted by atomic mass is 9.98. The fourth-order valence-electron chi connectivity index (χ4n) is 2.67. The third-order valence-corrected chi connectivity index (χ3v) is 3.92. The van der Waals surface area contributed by atoms with Crippen LogP contribution in [0.2, 0.25) is 0 Å². The second-order valence-corrected chi connectivity index (χ2v) is 5.90. The van der Waals surface area contributed by atoms with Gasteiger partial charge in [-0.15, -0.1) is 0 Å². The number of esters is 1. The molecular formula is C20H24N2O3. The van der Waals surface area contributed by atoms with Crippen molar-refractivity contribution in [2.75, 3.05) is 12.3 Å². The number of aryl methyl sites for hydroxylation is 1. The Labute approximate surface area is 148 Å². The molecule has 0 aliphatic heterocycles. The second-order valence-electron chi connectivity index (χ2n) is 5.90. The van der Waals surface area contributed by atoms with Crippen molar-refractivity contribution in [1.82, 2.24) is 5.32 Å². The number of hydrogen-bond acceptors (Lipinski definition) is 4. The average molecular weight is 340 g/mol. The van der Waals surface area contributed by atoms with E-state index >= 15 is 0 Å². The quantitative estimate of drug-likeness (QED) is 0.600. The first-order valence-electron chi connectivity index (χ1n) is 8.34. The lowest BCUT2D eigenvalue weighted by Gasteiger charge is -2.20. The van der Waals surface area contributed by atoms with Crippen LogP contribution in [0.25, 0.3) is 0 Å². The summed E-state index contributed by atoms with van der Waals surface area (Å²) in [6, 6.07) is 14.5. The Bertz CT molecular complexity index is 726. The third-order valence-electron chi connectivity index (χ3n) is 3.92. The molecule has 2 aromatic rings. The third kappa shape index (κ3) is 5.64. The standard InChI is InChI=1S/C20H24N2O3/c1-3-25-20(24)13-18(17-7-5-4-6-14(17)2)22-19(23)12-15-8-10-16(21)11-9-15/h4-11,18H,3,12-13,21H2,1-2H3,(H,22,23). The lowest BCUT2D eigenvalue weighted by Crippen LogP contribution is -2.32. The van der Waals surface area contributed by atoms with Crippen molar-refractivity contribution in [3.63, 3.8) is 0 Å². The number of benzene rings is 2. The first-order valence-corrected chi connectivity index (χ1v) is 8.34. The van der Waals surface area contributed by atoms with Gasteiger partial charge in [0, 0.05) is 5.69 Å². The maximum absolute atomic E-state index is 12.4. The Morgan fingerprint density at radius 1 is 1.12 bits per heavy atom. The molecule has 0 saturated heterocycles. The summed E-state index contributed by atoms with van der Waals surface area (Å²) in [6.45, 7) is 4.04. The molecule has 5 nitrogen and oxygen atoms in total. The molecule has 1 atom stereocenters. The number of hydrogen-bond donors (Lipinski definition) is 2. The number of nitrogens with one attached hydrogen (secondary N) is 1. The zero-order valence-corrected chi connectivity index (χ0v) is 14.6. The number of rotatable bonds is 7. The second kappa shape index (κ2) is 8.87. The molecule has 0 bridgehead atoms. The van der Waals surface area contributed by atoms with Crippen LogP contribution < -0.4 is 11.1 Å². The highest BCUT2D eigenvalue weighted by atomic mass is 16.5. The molecule has 0 heterocycles. The Morgan fingerprint density at radius 3 is 2.44 bits per heavy atom.